The number of hydrogen-bond acceptors (Lipinski definition) is 7. The second-order valence-corrected chi connectivity index (χ2v) is 11.2. The first-order chi connectivity index (χ1) is 15.8. The highest BCUT2D eigenvalue weighted by Gasteiger charge is 2.23. The number of pyridine rings is 1. The lowest BCUT2D eigenvalue weighted by Crippen LogP contribution is -2.25. The number of halogens is 1. The molecule has 0 atom stereocenters. The maximum atomic E-state index is 11.2. The predicted molar refractivity (Wildman–Crippen MR) is 128 cm³/mol. The molecule has 4 rings (SSSR count). The van der Waals surface area contributed by atoms with Gasteiger partial charge in [0.15, 0.2) is 5.65 Å². The number of benzene rings is 1. The first-order valence-electron chi connectivity index (χ1n) is 11.1. The fourth-order valence-electron chi connectivity index (χ4n) is 3.96. The lowest BCUT2D eigenvalue weighted by atomic mass is 9.88. The second-order valence-electron chi connectivity index (χ2n) is 8.53. The van der Waals surface area contributed by atoms with Crippen LogP contribution in [0.5, 0.6) is 11.8 Å². The number of H-pyrrole nitrogens is 1. The van der Waals surface area contributed by atoms with E-state index >= 15 is 0 Å². The molecule has 1 aliphatic carbocycles. The van der Waals surface area contributed by atoms with Crippen LogP contribution in [-0.4, -0.2) is 59.8 Å². The van der Waals surface area contributed by atoms with Crippen LogP contribution in [0, 0.1) is 5.92 Å². The molecule has 0 unspecified atom stereocenters. The van der Waals surface area contributed by atoms with Crippen molar-refractivity contribution in [2.45, 2.75) is 38.2 Å². The Bertz CT molecular complexity index is 1190. The van der Waals surface area contributed by atoms with Crippen molar-refractivity contribution >= 4 is 32.6 Å². The topological polar surface area (TPSA) is 114 Å². The lowest BCUT2D eigenvalue weighted by molar-refractivity contribution is 0.0976. The quantitative estimate of drug-likeness (QED) is 0.432. The molecule has 10 heteroatoms. The van der Waals surface area contributed by atoms with Crippen LogP contribution in [0.4, 0.5) is 0 Å². The highest BCUT2D eigenvalue weighted by Crippen LogP contribution is 2.32. The highest BCUT2D eigenvalue weighted by molar-refractivity contribution is 7.90. The number of sulfone groups is 1. The number of nitrogens with zero attached hydrogens (tertiary/aromatic N) is 2. The minimum atomic E-state index is -2.98. The Morgan fingerprint density at radius 2 is 1.88 bits per heavy atom. The lowest BCUT2D eigenvalue weighted by Gasteiger charge is -2.26. The summed E-state index contributed by atoms with van der Waals surface area (Å²) in [6.07, 6.45) is 5.42. The molecule has 2 aromatic heterocycles. The van der Waals surface area contributed by atoms with Crippen molar-refractivity contribution in [2.24, 2.45) is 5.92 Å². The van der Waals surface area contributed by atoms with Gasteiger partial charge in [-0.25, -0.2) is 13.4 Å². The summed E-state index contributed by atoms with van der Waals surface area (Å²) in [5.74, 6) is 1.12. The Morgan fingerprint density at radius 3 is 2.55 bits per heavy atom. The Hall–Kier alpha value is -2.36. The van der Waals surface area contributed by atoms with Crippen LogP contribution in [0.2, 0.25) is 5.02 Å². The first kappa shape index (κ1) is 23.8. The molecule has 1 saturated carbocycles. The van der Waals surface area contributed by atoms with E-state index in [4.69, 9.17) is 21.1 Å². The van der Waals surface area contributed by atoms with E-state index in [1.807, 2.05) is 24.3 Å². The van der Waals surface area contributed by atoms with E-state index in [1.54, 1.807) is 6.07 Å². The third kappa shape index (κ3) is 6.37. The van der Waals surface area contributed by atoms with Crippen LogP contribution >= 0.6 is 11.6 Å². The van der Waals surface area contributed by atoms with Crippen molar-refractivity contribution in [3.8, 4) is 23.0 Å². The van der Waals surface area contributed by atoms with Crippen LogP contribution < -0.4 is 9.47 Å². The average Bonchev–Trinajstić information content (AvgIpc) is 3.17. The first-order valence-corrected chi connectivity index (χ1v) is 13.5. The maximum absolute atomic E-state index is 11.2. The predicted octanol–water partition coefficient (Wildman–Crippen LogP) is 4.02. The van der Waals surface area contributed by atoms with E-state index in [0.29, 0.717) is 52.6 Å². The molecular weight excluding hydrogens is 466 g/mol. The zero-order valence-corrected chi connectivity index (χ0v) is 20.0. The largest absolute Gasteiger partial charge is 0.494 e. The third-order valence-corrected chi connectivity index (χ3v) is 7.11. The Morgan fingerprint density at radius 1 is 1.15 bits per heavy atom. The van der Waals surface area contributed by atoms with Crippen molar-refractivity contribution in [3.05, 3.63) is 35.4 Å². The molecule has 1 aromatic carbocycles. The summed E-state index contributed by atoms with van der Waals surface area (Å²) in [6, 6.07) is 9.53. The van der Waals surface area contributed by atoms with Gasteiger partial charge in [-0.05, 0) is 68.4 Å². The van der Waals surface area contributed by atoms with E-state index in [1.165, 1.54) is 6.26 Å². The van der Waals surface area contributed by atoms with Crippen molar-refractivity contribution in [3.63, 3.8) is 0 Å². The molecule has 0 radical (unpaired) electrons. The summed E-state index contributed by atoms with van der Waals surface area (Å²) in [6.45, 7) is 0.564. The fourth-order valence-corrected chi connectivity index (χ4v) is 4.86. The number of nitrogens with one attached hydrogen (secondary N) is 1. The Balaban J connectivity index is 1.42. The van der Waals surface area contributed by atoms with Gasteiger partial charge in [0.05, 0.1) is 23.1 Å². The van der Waals surface area contributed by atoms with Gasteiger partial charge in [-0.3, -0.25) is 4.98 Å². The van der Waals surface area contributed by atoms with Crippen molar-refractivity contribution in [2.75, 3.05) is 25.2 Å². The van der Waals surface area contributed by atoms with Gasteiger partial charge >= 0.3 is 0 Å². The number of aliphatic hydroxyl groups is 1. The Kier molecular flexibility index (Phi) is 7.41. The molecule has 0 aliphatic heterocycles. The standard InChI is InChI=1S/C23H28ClN3O5S/c1-33(29,30)12-2-11-31-17-9-5-16(6-10-17)21-19(24)13-20-22(26-21)27-23(25-20)32-18-7-3-15(14-28)4-8-18/h5-6,9-10,13,15,18,28H,2-4,7-8,11-12,14H2,1H3,(H,25,26,27)/t15-,18-. The van der Waals surface area contributed by atoms with Crippen molar-refractivity contribution in [1.82, 2.24) is 15.0 Å². The maximum Gasteiger partial charge on any atom is 0.296 e. The molecule has 1 fully saturated rings. The number of aliphatic hydroxyl groups excluding tert-OH is 1. The SMILES string of the molecule is CS(=O)(=O)CCCOc1ccc(-c2nc3[nH]c(O[C@H]4CC[C@H](CO)CC4)nc3cc2Cl)cc1. The molecule has 0 saturated heterocycles. The van der Waals surface area contributed by atoms with E-state index in [9.17, 15) is 13.5 Å². The number of imidazole rings is 1. The molecular formula is C23H28ClN3O5S. The van der Waals surface area contributed by atoms with Crippen LogP contribution in [0.1, 0.15) is 32.1 Å². The molecule has 1 aliphatic rings. The molecule has 2 heterocycles. The van der Waals surface area contributed by atoms with Gasteiger partial charge in [0, 0.05) is 18.4 Å². The van der Waals surface area contributed by atoms with Gasteiger partial charge in [0.25, 0.3) is 6.01 Å². The van der Waals surface area contributed by atoms with Gasteiger partial charge in [0.2, 0.25) is 0 Å². The molecule has 33 heavy (non-hydrogen) atoms. The van der Waals surface area contributed by atoms with Gasteiger partial charge in [-0.1, -0.05) is 11.6 Å². The smallest absolute Gasteiger partial charge is 0.296 e. The molecule has 178 valence electrons. The third-order valence-electron chi connectivity index (χ3n) is 5.79. The van der Waals surface area contributed by atoms with Gasteiger partial charge < -0.3 is 14.6 Å². The van der Waals surface area contributed by atoms with Gasteiger partial charge in [0.1, 0.15) is 27.2 Å². The van der Waals surface area contributed by atoms with E-state index in [-0.39, 0.29) is 18.5 Å². The number of fused-ring (bicyclic) bond motifs is 1. The zero-order valence-electron chi connectivity index (χ0n) is 18.5. The monoisotopic (exact) mass is 493 g/mol. The number of ether oxygens (including phenoxy) is 2. The van der Waals surface area contributed by atoms with E-state index < -0.39 is 9.84 Å². The summed E-state index contributed by atoms with van der Waals surface area (Å²) >= 11 is 6.49. The van der Waals surface area contributed by atoms with Crippen molar-refractivity contribution < 1.29 is 23.0 Å². The van der Waals surface area contributed by atoms with Crippen LogP contribution in [0.15, 0.2) is 30.3 Å². The molecule has 0 amide bonds. The van der Waals surface area contributed by atoms with Gasteiger partial charge in [-0.2, -0.15) is 4.98 Å². The van der Waals surface area contributed by atoms with Crippen LogP contribution in [0.3, 0.4) is 0 Å². The number of rotatable bonds is 9. The number of hydrogen-bond donors (Lipinski definition) is 2. The normalized spacial score (nSPS) is 19.0. The summed E-state index contributed by atoms with van der Waals surface area (Å²) in [4.78, 5) is 12.3. The minimum Gasteiger partial charge on any atom is -0.494 e. The molecule has 0 spiro atoms. The molecule has 8 nitrogen and oxygen atoms in total. The zero-order chi connectivity index (χ0) is 23.4. The summed E-state index contributed by atoms with van der Waals surface area (Å²) in [5, 5.41) is 9.77. The number of aromatic amines is 1. The summed E-state index contributed by atoms with van der Waals surface area (Å²) in [7, 11) is -2.98. The van der Waals surface area contributed by atoms with Gasteiger partial charge in [-0.15, -0.1) is 0 Å². The fraction of sp³-hybridized carbons (Fsp3) is 0.478. The van der Waals surface area contributed by atoms with E-state index in [2.05, 4.69) is 15.0 Å². The van der Waals surface area contributed by atoms with Crippen LogP contribution in [0.25, 0.3) is 22.4 Å². The highest BCUT2D eigenvalue weighted by atomic mass is 35.5. The van der Waals surface area contributed by atoms with Crippen molar-refractivity contribution in [1.29, 1.82) is 0 Å². The van der Waals surface area contributed by atoms with Crippen LogP contribution in [-0.2, 0) is 9.84 Å². The number of aromatic nitrogens is 3. The average molecular weight is 494 g/mol. The molecule has 2 N–H and O–H groups in total. The summed E-state index contributed by atoms with van der Waals surface area (Å²) < 4.78 is 34.0. The molecule has 3 aromatic rings. The van der Waals surface area contributed by atoms with E-state index in [0.717, 1.165) is 31.2 Å². The second kappa shape index (κ2) is 10.3. The minimum absolute atomic E-state index is 0.0771. The summed E-state index contributed by atoms with van der Waals surface area (Å²) in [5.41, 5.74) is 2.67. The Labute approximate surface area is 198 Å². The molecule has 0 bridgehead atoms.